The van der Waals surface area contributed by atoms with Gasteiger partial charge in [0.15, 0.2) is 11.0 Å². The van der Waals surface area contributed by atoms with Crippen LogP contribution in [0.3, 0.4) is 0 Å². The SMILES string of the molecule is CCOc1ccc(-n2c(SCC(=O)N/N=C\c3ccc(OC)cc3OC)nnc2-c2cccnc2)cc1. The second kappa shape index (κ2) is 12.5. The molecule has 0 saturated heterocycles. The number of pyridine rings is 1. The molecule has 0 bridgehead atoms. The average Bonchev–Trinajstić information content (AvgIpc) is 3.37. The molecule has 2 aromatic heterocycles. The van der Waals surface area contributed by atoms with Gasteiger partial charge in [-0.25, -0.2) is 5.43 Å². The molecule has 1 N–H and O–H groups in total. The molecule has 1 amide bonds. The minimum Gasteiger partial charge on any atom is -0.497 e. The summed E-state index contributed by atoms with van der Waals surface area (Å²) in [4.78, 5) is 16.7. The number of ether oxygens (including phenoxy) is 3. The molecule has 0 spiro atoms. The number of hydrazone groups is 1. The number of carbonyl (C=O) groups is 1. The van der Waals surface area contributed by atoms with E-state index in [1.807, 2.05) is 47.9 Å². The predicted octanol–water partition coefficient (Wildman–Crippen LogP) is 3.99. The van der Waals surface area contributed by atoms with Crippen LogP contribution in [0.1, 0.15) is 12.5 Å². The molecule has 190 valence electrons. The molecule has 2 heterocycles. The van der Waals surface area contributed by atoms with E-state index in [0.717, 1.165) is 17.0 Å². The van der Waals surface area contributed by atoms with Gasteiger partial charge in [-0.2, -0.15) is 5.10 Å². The minimum atomic E-state index is -0.294. The first-order valence-corrected chi connectivity index (χ1v) is 12.4. The lowest BCUT2D eigenvalue weighted by atomic mass is 10.2. The summed E-state index contributed by atoms with van der Waals surface area (Å²) in [6, 6.07) is 16.7. The van der Waals surface area contributed by atoms with Crippen LogP contribution in [0.4, 0.5) is 0 Å². The van der Waals surface area contributed by atoms with Crippen molar-refractivity contribution in [1.82, 2.24) is 25.2 Å². The van der Waals surface area contributed by atoms with Gasteiger partial charge in [0.2, 0.25) is 0 Å². The Hall–Kier alpha value is -4.38. The van der Waals surface area contributed by atoms with E-state index in [1.165, 1.54) is 18.0 Å². The Morgan fingerprint density at radius 1 is 1.08 bits per heavy atom. The zero-order valence-corrected chi connectivity index (χ0v) is 21.4. The summed E-state index contributed by atoms with van der Waals surface area (Å²) >= 11 is 1.25. The molecule has 0 aliphatic rings. The van der Waals surface area contributed by atoms with Crippen molar-refractivity contribution in [2.24, 2.45) is 5.10 Å². The number of nitrogens with zero attached hydrogens (tertiary/aromatic N) is 5. The van der Waals surface area contributed by atoms with Gasteiger partial charge in [0.1, 0.15) is 17.2 Å². The van der Waals surface area contributed by atoms with Gasteiger partial charge in [0.05, 0.1) is 32.8 Å². The lowest BCUT2D eigenvalue weighted by molar-refractivity contribution is -0.118. The number of hydrogen-bond acceptors (Lipinski definition) is 9. The number of carbonyl (C=O) groups excluding carboxylic acids is 1. The molecule has 2 aromatic carbocycles. The molecule has 4 rings (SSSR count). The molecule has 10 nitrogen and oxygen atoms in total. The highest BCUT2D eigenvalue weighted by Crippen LogP contribution is 2.28. The Kier molecular flexibility index (Phi) is 8.71. The van der Waals surface area contributed by atoms with Gasteiger partial charge < -0.3 is 14.2 Å². The highest BCUT2D eigenvalue weighted by Gasteiger charge is 2.17. The quantitative estimate of drug-likeness (QED) is 0.180. The number of nitrogens with one attached hydrogen (secondary N) is 1. The first-order chi connectivity index (χ1) is 18.1. The molecule has 0 atom stereocenters. The second-order valence-corrected chi connectivity index (χ2v) is 8.44. The smallest absolute Gasteiger partial charge is 0.250 e. The largest absolute Gasteiger partial charge is 0.497 e. The summed E-state index contributed by atoms with van der Waals surface area (Å²) in [7, 11) is 3.14. The van der Waals surface area contributed by atoms with Crippen LogP contribution in [0.25, 0.3) is 17.1 Å². The molecule has 0 fully saturated rings. The second-order valence-electron chi connectivity index (χ2n) is 7.50. The monoisotopic (exact) mass is 518 g/mol. The summed E-state index contributed by atoms with van der Waals surface area (Å²) in [5.74, 6) is 2.42. The summed E-state index contributed by atoms with van der Waals surface area (Å²) in [5.41, 5.74) is 4.88. The highest BCUT2D eigenvalue weighted by molar-refractivity contribution is 7.99. The van der Waals surface area contributed by atoms with Crippen LogP contribution < -0.4 is 19.6 Å². The first-order valence-electron chi connectivity index (χ1n) is 11.4. The molecule has 11 heteroatoms. The van der Waals surface area contributed by atoms with Gasteiger partial charge in [-0.1, -0.05) is 11.8 Å². The van der Waals surface area contributed by atoms with E-state index in [4.69, 9.17) is 14.2 Å². The van der Waals surface area contributed by atoms with Crippen LogP contribution >= 0.6 is 11.8 Å². The fourth-order valence-corrected chi connectivity index (χ4v) is 4.14. The van der Waals surface area contributed by atoms with E-state index < -0.39 is 0 Å². The lowest BCUT2D eigenvalue weighted by Crippen LogP contribution is -2.20. The fourth-order valence-electron chi connectivity index (χ4n) is 3.40. The zero-order valence-electron chi connectivity index (χ0n) is 20.6. The maximum atomic E-state index is 12.5. The third kappa shape index (κ3) is 6.44. The van der Waals surface area contributed by atoms with Crippen molar-refractivity contribution in [3.63, 3.8) is 0 Å². The average molecular weight is 519 g/mol. The third-order valence-corrected chi connectivity index (χ3v) is 6.05. The van der Waals surface area contributed by atoms with Gasteiger partial charge in [0, 0.05) is 35.3 Å². The van der Waals surface area contributed by atoms with Gasteiger partial charge in [-0.05, 0) is 55.5 Å². The number of thioether (sulfide) groups is 1. The number of hydrogen-bond donors (Lipinski definition) is 1. The Morgan fingerprint density at radius 3 is 2.59 bits per heavy atom. The van der Waals surface area contributed by atoms with Crippen LogP contribution in [0.15, 0.2) is 77.2 Å². The normalized spacial score (nSPS) is 10.9. The Bertz CT molecular complexity index is 1360. The summed E-state index contributed by atoms with van der Waals surface area (Å²) in [5, 5.41) is 13.3. The Labute approximate surface area is 218 Å². The molecule has 37 heavy (non-hydrogen) atoms. The fraction of sp³-hybridized carbons (Fsp3) is 0.192. The van der Waals surface area contributed by atoms with Crippen LogP contribution in [-0.2, 0) is 4.79 Å². The van der Waals surface area contributed by atoms with E-state index >= 15 is 0 Å². The van der Waals surface area contributed by atoms with Crippen molar-refractivity contribution >= 4 is 23.9 Å². The number of aromatic nitrogens is 4. The Balaban J connectivity index is 1.49. The van der Waals surface area contributed by atoms with Crippen LogP contribution in [0.2, 0.25) is 0 Å². The molecule has 0 unspecified atom stereocenters. The van der Waals surface area contributed by atoms with Crippen molar-refractivity contribution in [2.75, 3.05) is 26.6 Å². The van der Waals surface area contributed by atoms with Gasteiger partial charge in [0.25, 0.3) is 5.91 Å². The van der Waals surface area contributed by atoms with Gasteiger partial charge >= 0.3 is 0 Å². The van der Waals surface area contributed by atoms with Gasteiger partial charge in [-0.3, -0.25) is 14.3 Å². The lowest BCUT2D eigenvalue weighted by Gasteiger charge is -2.11. The van der Waals surface area contributed by atoms with Crippen molar-refractivity contribution in [3.05, 3.63) is 72.6 Å². The summed E-state index contributed by atoms with van der Waals surface area (Å²) < 4.78 is 18.0. The van der Waals surface area contributed by atoms with Crippen molar-refractivity contribution < 1.29 is 19.0 Å². The van der Waals surface area contributed by atoms with E-state index in [-0.39, 0.29) is 11.7 Å². The number of rotatable bonds is 11. The highest BCUT2D eigenvalue weighted by atomic mass is 32.2. The number of benzene rings is 2. The van der Waals surface area contributed by atoms with E-state index in [1.54, 1.807) is 44.8 Å². The summed E-state index contributed by atoms with van der Waals surface area (Å²) in [6.07, 6.45) is 4.94. The molecular formula is C26H26N6O4S. The minimum absolute atomic E-state index is 0.0826. The third-order valence-electron chi connectivity index (χ3n) is 5.12. The van der Waals surface area contributed by atoms with Gasteiger partial charge in [-0.15, -0.1) is 10.2 Å². The van der Waals surface area contributed by atoms with Crippen LogP contribution in [0.5, 0.6) is 17.2 Å². The summed E-state index contributed by atoms with van der Waals surface area (Å²) in [6.45, 7) is 2.52. The first kappa shape index (κ1) is 25.7. The number of methoxy groups -OCH3 is 2. The standard InChI is InChI=1S/C26H26N6O4S/c1-4-36-21-11-8-20(9-12-21)32-25(19-6-5-13-27-15-19)30-31-26(32)37-17-24(33)29-28-16-18-7-10-22(34-2)14-23(18)35-3/h5-16H,4,17H2,1-3H3,(H,29,33)/b28-16-. The maximum absolute atomic E-state index is 12.5. The molecule has 0 aliphatic carbocycles. The van der Waals surface area contributed by atoms with Crippen molar-refractivity contribution in [1.29, 1.82) is 0 Å². The van der Waals surface area contributed by atoms with Crippen molar-refractivity contribution in [2.45, 2.75) is 12.1 Å². The topological polar surface area (TPSA) is 113 Å². The molecule has 0 saturated carbocycles. The van der Waals surface area contributed by atoms with E-state index in [9.17, 15) is 4.79 Å². The molecular weight excluding hydrogens is 492 g/mol. The zero-order chi connectivity index (χ0) is 26.0. The number of amides is 1. The van der Waals surface area contributed by atoms with Crippen molar-refractivity contribution in [3.8, 4) is 34.3 Å². The van der Waals surface area contributed by atoms with Crippen LogP contribution in [0, 0.1) is 0 Å². The molecule has 0 aliphatic heterocycles. The molecule has 0 radical (unpaired) electrons. The Morgan fingerprint density at radius 2 is 1.89 bits per heavy atom. The molecule has 4 aromatic rings. The maximum Gasteiger partial charge on any atom is 0.250 e. The van der Waals surface area contributed by atoms with E-state index in [2.05, 4.69) is 25.7 Å². The van der Waals surface area contributed by atoms with Crippen LogP contribution in [-0.4, -0.2) is 58.4 Å². The predicted molar refractivity (Wildman–Crippen MR) is 142 cm³/mol. The van der Waals surface area contributed by atoms with E-state index in [0.29, 0.717) is 34.7 Å².